The summed E-state index contributed by atoms with van der Waals surface area (Å²) < 4.78 is 23.1. The number of rotatable bonds is 8. The summed E-state index contributed by atoms with van der Waals surface area (Å²) in [5.41, 5.74) is 7.42. The fourth-order valence-corrected chi connectivity index (χ4v) is 3.22. The van der Waals surface area contributed by atoms with Gasteiger partial charge >= 0.3 is 0 Å². The van der Waals surface area contributed by atoms with Crippen LogP contribution in [0.4, 0.5) is 0 Å². The summed E-state index contributed by atoms with van der Waals surface area (Å²) >= 11 is 0. The molecule has 0 amide bonds. The molecular weight excluding hydrogens is 274 g/mol. The van der Waals surface area contributed by atoms with Gasteiger partial charge in [0.15, 0.2) is 0 Å². The third kappa shape index (κ3) is 4.30. The zero-order valence-corrected chi connectivity index (χ0v) is 13.1. The van der Waals surface area contributed by atoms with Crippen molar-refractivity contribution in [2.24, 2.45) is 5.73 Å². The molecule has 0 aliphatic heterocycles. The summed E-state index contributed by atoms with van der Waals surface area (Å²) in [4.78, 5) is 0. The Labute approximate surface area is 121 Å². The van der Waals surface area contributed by atoms with Crippen LogP contribution in [-0.2, 0) is 15.3 Å². The lowest BCUT2D eigenvalue weighted by molar-refractivity contribution is 0.187. The number of hydrogen-bond donors (Lipinski definition) is 2. The summed E-state index contributed by atoms with van der Waals surface area (Å²) in [7, 11) is -2.97. The van der Waals surface area contributed by atoms with E-state index in [0.29, 0.717) is 19.4 Å². The maximum atomic E-state index is 11.6. The molecule has 114 valence electrons. The average Bonchev–Trinajstić information content (AvgIpc) is 2.44. The lowest BCUT2D eigenvalue weighted by Crippen LogP contribution is -2.39. The molecule has 0 aliphatic rings. The lowest BCUT2D eigenvalue weighted by Gasteiger charge is -2.31. The van der Waals surface area contributed by atoms with Crippen molar-refractivity contribution in [3.8, 4) is 0 Å². The number of aliphatic hydroxyl groups is 1. The van der Waals surface area contributed by atoms with Crippen LogP contribution in [0.2, 0.25) is 0 Å². The summed E-state index contributed by atoms with van der Waals surface area (Å²) in [6.45, 7) is 3.88. The van der Waals surface area contributed by atoms with E-state index < -0.39 is 15.3 Å². The third-order valence-electron chi connectivity index (χ3n) is 3.87. The zero-order valence-electron chi connectivity index (χ0n) is 12.3. The highest BCUT2D eigenvalue weighted by atomic mass is 32.2. The first kappa shape index (κ1) is 17.1. The molecule has 0 radical (unpaired) electrons. The minimum Gasteiger partial charge on any atom is -0.395 e. The van der Waals surface area contributed by atoms with Crippen LogP contribution in [0.3, 0.4) is 0 Å². The average molecular weight is 299 g/mol. The highest BCUT2D eigenvalue weighted by molar-refractivity contribution is 7.91. The Bertz CT molecular complexity index is 522. The molecule has 1 rings (SSSR count). The van der Waals surface area contributed by atoms with Crippen molar-refractivity contribution >= 4 is 9.84 Å². The van der Waals surface area contributed by atoms with E-state index in [0.717, 1.165) is 11.1 Å². The fraction of sp³-hybridized carbons (Fsp3) is 0.600. The Morgan fingerprint density at radius 1 is 1.35 bits per heavy atom. The molecule has 0 saturated carbocycles. The summed E-state index contributed by atoms with van der Waals surface area (Å²) in [5, 5.41) is 9.78. The van der Waals surface area contributed by atoms with Crippen LogP contribution < -0.4 is 5.73 Å². The van der Waals surface area contributed by atoms with Gasteiger partial charge in [-0.3, -0.25) is 0 Å². The highest BCUT2D eigenvalue weighted by Crippen LogP contribution is 2.29. The molecule has 20 heavy (non-hydrogen) atoms. The van der Waals surface area contributed by atoms with Crippen LogP contribution in [0.1, 0.15) is 30.9 Å². The fourth-order valence-electron chi connectivity index (χ4n) is 2.35. The second-order valence-corrected chi connectivity index (χ2v) is 7.82. The molecule has 0 bridgehead atoms. The van der Waals surface area contributed by atoms with Crippen molar-refractivity contribution in [3.63, 3.8) is 0 Å². The second-order valence-electron chi connectivity index (χ2n) is 5.35. The van der Waals surface area contributed by atoms with Crippen molar-refractivity contribution < 1.29 is 13.5 Å². The molecule has 5 heteroatoms. The third-order valence-corrected chi connectivity index (χ3v) is 5.66. The van der Waals surface area contributed by atoms with Crippen molar-refractivity contribution in [2.45, 2.75) is 32.1 Å². The standard InChI is InChI=1S/C15H25NO3S/c1-3-20(18,19)9-5-8-15(11-16,12-17)14-7-4-6-13(2)10-14/h4,6-7,10,17H,3,5,8-9,11-12,16H2,1-2H3. The van der Waals surface area contributed by atoms with E-state index in [1.54, 1.807) is 6.92 Å². The van der Waals surface area contributed by atoms with E-state index in [4.69, 9.17) is 5.73 Å². The molecule has 0 saturated heterocycles. The molecule has 0 aliphatic carbocycles. The van der Waals surface area contributed by atoms with E-state index in [1.807, 2.05) is 31.2 Å². The Kier molecular flexibility index (Phi) is 6.17. The maximum absolute atomic E-state index is 11.6. The number of aliphatic hydroxyl groups excluding tert-OH is 1. The number of sulfone groups is 1. The van der Waals surface area contributed by atoms with Gasteiger partial charge in [-0.2, -0.15) is 0 Å². The van der Waals surface area contributed by atoms with Crippen LogP contribution in [0.5, 0.6) is 0 Å². The van der Waals surface area contributed by atoms with E-state index in [9.17, 15) is 13.5 Å². The van der Waals surface area contributed by atoms with Gasteiger partial charge in [-0.1, -0.05) is 36.8 Å². The molecule has 1 atom stereocenters. The second kappa shape index (κ2) is 7.20. The molecule has 0 spiro atoms. The molecule has 4 nitrogen and oxygen atoms in total. The van der Waals surface area contributed by atoms with Crippen LogP contribution in [0, 0.1) is 6.92 Å². The Hall–Kier alpha value is -0.910. The number of nitrogens with two attached hydrogens (primary N) is 1. The van der Waals surface area contributed by atoms with Gasteiger partial charge in [-0.15, -0.1) is 0 Å². The van der Waals surface area contributed by atoms with Crippen LogP contribution in [0.25, 0.3) is 0 Å². The number of hydrogen-bond acceptors (Lipinski definition) is 4. The quantitative estimate of drug-likeness (QED) is 0.760. The van der Waals surface area contributed by atoms with Gasteiger partial charge in [0.2, 0.25) is 0 Å². The highest BCUT2D eigenvalue weighted by Gasteiger charge is 2.30. The van der Waals surface area contributed by atoms with Crippen molar-refractivity contribution in [1.82, 2.24) is 0 Å². The minimum atomic E-state index is -2.97. The summed E-state index contributed by atoms with van der Waals surface area (Å²) in [5.74, 6) is 0.309. The van der Waals surface area contributed by atoms with E-state index in [-0.39, 0.29) is 18.1 Å². The lowest BCUT2D eigenvalue weighted by atomic mass is 9.77. The van der Waals surface area contributed by atoms with Gasteiger partial charge in [-0.25, -0.2) is 8.42 Å². The van der Waals surface area contributed by atoms with Gasteiger partial charge in [0.1, 0.15) is 9.84 Å². The van der Waals surface area contributed by atoms with E-state index in [1.165, 1.54) is 0 Å². The first-order valence-electron chi connectivity index (χ1n) is 6.97. The maximum Gasteiger partial charge on any atom is 0.150 e. The van der Waals surface area contributed by atoms with E-state index in [2.05, 4.69) is 0 Å². The molecule has 3 N–H and O–H groups in total. The van der Waals surface area contributed by atoms with Gasteiger partial charge in [-0.05, 0) is 25.3 Å². The number of benzene rings is 1. The molecule has 0 heterocycles. The molecule has 0 aromatic heterocycles. The predicted octanol–water partition coefficient (Wildman–Crippen LogP) is 1.40. The van der Waals surface area contributed by atoms with E-state index >= 15 is 0 Å². The summed E-state index contributed by atoms with van der Waals surface area (Å²) in [6, 6.07) is 7.89. The first-order valence-corrected chi connectivity index (χ1v) is 8.80. The molecular formula is C15H25NO3S. The Morgan fingerprint density at radius 2 is 2.05 bits per heavy atom. The Balaban J connectivity index is 2.88. The largest absolute Gasteiger partial charge is 0.395 e. The molecule has 0 fully saturated rings. The van der Waals surface area contributed by atoms with Gasteiger partial charge < -0.3 is 10.8 Å². The van der Waals surface area contributed by atoms with Gasteiger partial charge in [0, 0.05) is 17.7 Å². The van der Waals surface area contributed by atoms with Crippen LogP contribution >= 0.6 is 0 Å². The Morgan fingerprint density at radius 3 is 2.55 bits per heavy atom. The molecule has 1 aromatic carbocycles. The van der Waals surface area contributed by atoms with Crippen molar-refractivity contribution in [1.29, 1.82) is 0 Å². The predicted molar refractivity (Wildman–Crippen MR) is 82.6 cm³/mol. The molecule has 1 unspecified atom stereocenters. The SMILES string of the molecule is CCS(=O)(=O)CCCC(CN)(CO)c1cccc(C)c1. The van der Waals surface area contributed by atoms with Crippen LogP contribution in [0.15, 0.2) is 24.3 Å². The topological polar surface area (TPSA) is 80.4 Å². The summed E-state index contributed by atoms with van der Waals surface area (Å²) in [6.07, 6.45) is 1.09. The number of aryl methyl sites for hydroxylation is 1. The van der Waals surface area contributed by atoms with Crippen molar-refractivity contribution in [2.75, 3.05) is 24.7 Å². The molecule has 1 aromatic rings. The zero-order chi connectivity index (χ0) is 15.2. The minimum absolute atomic E-state index is 0.0703. The monoisotopic (exact) mass is 299 g/mol. The first-order chi connectivity index (χ1) is 9.39. The van der Waals surface area contributed by atoms with Gasteiger partial charge in [0.05, 0.1) is 12.4 Å². The van der Waals surface area contributed by atoms with Gasteiger partial charge in [0.25, 0.3) is 0 Å². The normalized spacial score (nSPS) is 15.0. The smallest absolute Gasteiger partial charge is 0.150 e. The van der Waals surface area contributed by atoms with Crippen molar-refractivity contribution in [3.05, 3.63) is 35.4 Å². The van der Waals surface area contributed by atoms with Crippen LogP contribution in [-0.4, -0.2) is 38.2 Å².